The molecule has 0 bridgehead atoms. The van der Waals surface area contributed by atoms with E-state index in [9.17, 15) is 0 Å². The summed E-state index contributed by atoms with van der Waals surface area (Å²) in [5, 5.41) is 14.8. The third-order valence-corrected chi connectivity index (χ3v) is 6.51. The zero-order chi connectivity index (χ0) is 23.3. The van der Waals surface area contributed by atoms with E-state index in [4.69, 9.17) is 24.5 Å². The Morgan fingerprint density at radius 2 is 1.56 bits per heavy atom. The fourth-order valence-corrected chi connectivity index (χ4v) is 4.58. The molecule has 1 aliphatic heterocycles. The van der Waals surface area contributed by atoms with Crippen molar-refractivity contribution in [3.05, 3.63) is 29.8 Å². The number of carboxylic acids is 2. The first-order valence-corrected chi connectivity index (χ1v) is 11.9. The van der Waals surface area contributed by atoms with Crippen LogP contribution in [0.15, 0.2) is 24.3 Å². The Morgan fingerprint density at radius 1 is 0.969 bits per heavy atom. The largest absolute Gasteiger partial charge is 0.494 e. The normalized spacial score (nSPS) is 21.5. The number of aliphatic carboxylic acids is 2. The van der Waals surface area contributed by atoms with Gasteiger partial charge in [-0.25, -0.2) is 9.59 Å². The van der Waals surface area contributed by atoms with Gasteiger partial charge in [-0.15, -0.1) is 0 Å². The van der Waals surface area contributed by atoms with Gasteiger partial charge in [0.25, 0.3) is 0 Å². The van der Waals surface area contributed by atoms with Gasteiger partial charge in [-0.2, -0.15) is 0 Å². The van der Waals surface area contributed by atoms with E-state index in [0.717, 1.165) is 30.7 Å². The fourth-order valence-electron chi connectivity index (χ4n) is 4.58. The van der Waals surface area contributed by atoms with Gasteiger partial charge in [0, 0.05) is 12.6 Å². The van der Waals surface area contributed by atoms with E-state index in [1.54, 1.807) is 0 Å². The van der Waals surface area contributed by atoms with Crippen molar-refractivity contribution in [3.8, 4) is 5.75 Å². The zero-order valence-corrected chi connectivity index (χ0v) is 19.7. The number of hydrogen-bond acceptors (Lipinski definition) is 5. The molecule has 0 amide bonds. The molecule has 1 aromatic carbocycles. The Morgan fingerprint density at radius 3 is 2.09 bits per heavy atom. The lowest BCUT2D eigenvalue weighted by molar-refractivity contribution is -0.159. The van der Waals surface area contributed by atoms with Crippen LogP contribution in [-0.4, -0.2) is 78.3 Å². The van der Waals surface area contributed by atoms with Crippen LogP contribution in [0.3, 0.4) is 0 Å². The van der Waals surface area contributed by atoms with Gasteiger partial charge in [0.2, 0.25) is 0 Å². The van der Waals surface area contributed by atoms with Crippen LogP contribution >= 0.6 is 0 Å². The molecular formula is C25H40N2O5. The van der Waals surface area contributed by atoms with Crippen LogP contribution in [0.1, 0.15) is 56.9 Å². The summed E-state index contributed by atoms with van der Waals surface area (Å²) in [4.78, 5) is 23.2. The SMILES string of the molecule is CN(C)C1CCC(Cc2ccc(OCCCN3CCCCC3)cc2)CC1.O=C(O)C(=O)O. The Balaban J connectivity index is 0.000000534. The average Bonchev–Trinajstić information content (AvgIpc) is 2.79. The summed E-state index contributed by atoms with van der Waals surface area (Å²) < 4.78 is 5.95. The molecule has 0 radical (unpaired) electrons. The first kappa shape index (κ1) is 26.1. The molecule has 0 unspecified atom stereocenters. The average molecular weight is 449 g/mol. The zero-order valence-electron chi connectivity index (χ0n) is 19.7. The van der Waals surface area contributed by atoms with Gasteiger partial charge in [-0.1, -0.05) is 18.6 Å². The van der Waals surface area contributed by atoms with Crippen molar-refractivity contribution in [3.63, 3.8) is 0 Å². The number of carbonyl (C=O) groups is 2. The second-order valence-corrected chi connectivity index (χ2v) is 9.20. The second-order valence-electron chi connectivity index (χ2n) is 9.20. The van der Waals surface area contributed by atoms with Crippen LogP contribution in [0.5, 0.6) is 5.75 Å². The Bertz CT molecular complexity index is 666. The maximum atomic E-state index is 9.10. The molecule has 1 saturated carbocycles. The molecule has 0 atom stereocenters. The standard InChI is InChI=1S/C23H38N2O.C2H2O4/c1-24(2)22-11-7-20(8-12-22)19-21-9-13-23(14-10-21)26-18-6-17-25-15-4-3-5-16-25;3-1(4)2(5)6/h9-10,13-14,20,22H,3-8,11-12,15-19H2,1-2H3;(H,3,4)(H,5,6). The first-order chi connectivity index (χ1) is 15.3. The summed E-state index contributed by atoms with van der Waals surface area (Å²) in [6.45, 7) is 4.59. The number of nitrogens with zero attached hydrogens (tertiary/aromatic N) is 2. The number of carboxylic acid groups (broad SMARTS) is 2. The van der Waals surface area contributed by atoms with Gasteiger partial charge < -0.3 is 24.7 Å². The summed E-state index contributed by atoms with van der Waals surface area (Å²) in [6.07, 6.45) is 12.0. The van der Waals surface area contributed by atoms with E-state index >= 15 is 0 Å². The van der Waals surface area contributed by atoms with Crippen molar-refractivity contribution in [2.24, 2.45) is 5.92 Å². The van der Waals surface area contributed by atoms with Crippen LogP contribution in [0, 0.1) is 5.92 Å². The van der Waals surface area contributed by atoms with Crippen LogP contribution in [-0.2, 0) is 16.0 Å². The van der Waals surface area contributed by atoms with Crippen molar-refractivity contribution in [2.75, 3.05) is 40.3 Å². The number of benzene rings is 1. The third kappa shape index (κ3) is 10.0. The van der Waals surface area contributed by atoms with Gasteiger partial charge >= 0.3 is 11.9 Å². The molecule has 1 heterocycles. The quantitative estimate of drug-likeness (QED) is 0.462. The highest BCUT2D eigenvalue weighted by Gasteiger charge is 2.22. The third-order valence-electron chi connectivity index (χ3n) is 6.51. The highest BCUT2D eigenvalue weighted by molar-refractivity contribution is 6.27. The molecule has 1 aliphatic carbocycles. The maximum Gasteiger partial charge on any atom is 0.414 e. The van der Waals surface area contributed by atoms with E-state index < -0.39 is 11.9 Å². The number of hydrogen-bond donors (Lipinski definition) is 2. The van der Waals surface area contributed by atoms with Crippen molar-refractivity contribution in [1.29, 1.82) is 0 Å². The van der Waals surface area contributed by atoms with Gasteiger partial charge in [0.15, 0.2) is 0 Å². The van der Waals surface area contributed by atoms with E-state index in [1.807, 2.05) is 0 Å². The Kier molecular flexibility index (Phi) is 11.5. The van der Waals surface area contributed by atoms with E-state index in [0.29, 0.717) is 0 Å². The first-order valence-electron chi connectivity index (χ1n) is 11.9. The molecule has 3 rings (SSSR count). The molecule has 7 nitrogen and oxygen atoms in total. The van der Waals surface area contributed by atoms with Gasteiger partial charge in [0.1, 0.15) is 5.75 Å². The minimum atomic E-state index is -1.82. The molecule has 2 fully saturated rings. The van der Waals surface area contributed by atoms with Gasteiger partial charge in [-0.05, 0) is 102 Å². The second kappa shape index (κ2) is 14.1. The topological polar surface area (TPSA) is 90.3 Å². The predicted molar refractivity (Wildman–Crippen MR) is 125 cm³/mol. The molecule has 2 N–H and O–H groups in total. The highest BCUT2D eigenvalue weighted by atomic mass is 16.5. The summed E-state index contributed by atoms with van der Waals surface area (Å²) in [5.41, 5.74) is 1.47. The molecule has 1 saturated heterocycles. The maximum absolute atomic E-state index is 9.10. The molecule has 1 aromatic rings. The lowest BCUT2D eigenvalue weighted by Crippen LogP contribution is -2.32. The summed E-state index contributed by atoms with van der Waals surface area (Å²) >= 11 is 0. The fraction of sp³-hybridized carbons (Fsp3) is 0.680. The lowest BCUT2D eigenvalue weighted by Gasteiger charge is -2.32. The van der Waals surface area contributed by atoms with E-state index in [2.05, 4.69) is 48.2 Å². The summed E-state index contributed by atoms with van der Waals surface area (Å²) in [5.74, 6) is -1.75. The van der Waals surface area contributed by atoms with Crippen molar-refractivity contribution >= 4 is 11.9 Å². The van der Waals surface area contributed by atoms with Crippen molar-refractivity contribution in [1.82, 2.24) is 9.80 Å². The molecule has 0 aromatic heterocycles. The van der Waals surface area contributed by atoms with Crippen LogP contribution in [0.25, 0.3) is 0 Å². The number of rotatable bonds is 8. The van der Waals surface area contributed by atoms with Crippen molar-refractivity contribution < 1.29 is 24.5 Å². The molecule has 32 heavy (non-hydrogen) atoms. The van der Waals surface area contributed by atoms with Crippen LogP contribution < -0.4 is 4.74 Å². The smallest absolute Gasteiger partial charge is 0.414 e. The minimum absolute atomic E-state index is 0.798. The van der Waals surface area contributed by atoms with E-state index in [-0.39, 0.29) is 0 Å². The number of ether oxygens (including phenoxy) is 1. The van der Waals surface area contributed by atoms with Gasteiger partial charge in [-0.3, -0.25) is 0 Å². The Hall–Kier alpha value is -2.12. The van der Waals surface area contributed by atoms with E-state index in [1.165, 1.54) is 76.6 Å². The summed E-state index contributed by atoms with van der Waals surface area (Å²) in [7, 11) is 4.44. The molecule has 0 spiro atoms. The van der Waals surface area contributed by atoms with Crippen LogP contribution in [0.2, 0.25) is 0 Å². The lowest BCUT2D eigenvalue weighted by atomic mass is 9.82. The van der Waals surface area contributed by atoms with Crippen LogP contribution in [0.4, 0.5) is 0 Å². The number of likely N-dealkylation sites (tertiary alicyclic amines) is 1. The number of piperidine rings is 1. The molecule has 7 heteroatoms. The molecule has 180 valence electrons. The minimum Gasteiger partial charge on any atom is -0.494 e. The summed E-state index contributed by atoms with van der Waals surface area (Å²) in [6, 6.07) is 9.69. The monoisotopic (exact) mass is 448 g/mol. The van der Waals surface area contributed by atoms with Gasteiger partial charge in [0.05, 0.1) is 6.61 Å². The Labute approximate surface area is 192 Å². The molecular weight excluding hydrogens is 408 g/mol. The molecule has 2 aliphatic rings. The predicted octanol–water partition coefficient (Wildman–Crippen LogP) is 3.76. The van der Waals surface area contributed by atoms with Crippen molar-refractivity contribution in [2.45, 2.75) is 63.8 Å². The highest BCUT2D eigenvalue weighted by Crippen LogP contribution is 2.29.